The Morgan fingerprint density at radius 1 is 0.700 bits per heavy atom. The number of cyclic esters (lactones) is 4. The molecule has 0 aromatic heterocycles. The second kappa shape index (κ2) is 7.22. The molecule has 150 valence electrons. The molecule has 2 aliphatic rings. The molecule has 1 N–H and O–H groups in total. The van der Waals surface area contributed by atoms with Gasteiger partial charge in [0.05, 0.1) is 33.4 Å². The van der Waals surface area contributed by atoms with Crippen molar-refractivity contribution >= 4 is 35.8 Å². The topological polar surface area (TPSA) is 151 Å². The van der Waals surface area contributed by atoms with Crippen LogP contribution in [0.2, 0.25) is 0 Å². The summed E-state index contributed by atoms with van der Waals surface area (Å²) < 4.78 is 13.7. The number of esters is 5. The average Bonchev–Trinajstić information content (AvgIpc) is 3.19. The van der Waals surface area contributed by atoms with E-state index in [0.717, 1.165) is 12.1 Å². The first kappa shape index (κ1) is 19.0. The van der Waals surface area contributed by atoms with Crippen molar-refractivity contribution in [2.75, 3.05) is 6.73 Å². The summed E-state index contributed by atoms with van der Waals surface area (Å²) in [5.74, 6) is -5.09. The van der Waals surface area contributed by atoms with E-state index >= 15 is 0 Å². The minimum atomic E-state index is -0.903. The van der Waals surface area contributed by atoms with Crippen LogP contribution in [0.5, 0.6) is 0 Å². The SMILES string of the molecule is O=C(OCNOC(=O)c1ccc2c(c1)C(=O)OC2=O)c1ccc2c(c1)C(=O)OC2=O. The zero-order valence-corrected chi connectivity index (χ0v) is 14.8. The standard InChI is InChI=1S/C19H9NO10/c21-14(8-1-3-10-12(5-8)18(25)28-16(10)23)27-7-20-30-15(22)9-2-4-11-13(6-9)19(26)29-17(11)24/h1-6,20H,7H2. The number of benzene rings is 2. The van der Waals surface area contributed by atoms with Crippen LogP contribution in [-0.2, 0) is 19.0 Å². The second-order valence-electron chi connectivity index (χ2n) is 5.98. The molecule has 0 unspecified atom stereocenters. The van der Waals surface area contributed by atoms with Gasteiger partial charge in [-0.1, -0.05) is 0 Å². The molecule has 0 saturated carbocycles. The summed E-state index contributed by atoms with van der Waals surface area (Å²) in [6.45, 7) is -0.531. The fourth-order valence-corrected chi connectivity index (χ4v) is 2.76. The third-order valence-corrected chi connectivity index (χ3v) is 4.19. The molecule has 2 aromatic carbocycles. The quantitative estimate of drug-likeness (QED) is 0.186. The van der Waals surface area contributed by atoms with Gasteiger partial charge in [0.2, 0.25) is 0 Å². The molecule has 0 saturated heterocycles. The van der Waals surface area contributed by atoms with Gasteiger partial charge in [0.15, 0.2) is 6.73 Å². The van der Waals surface area contributed by atoms with Gasteiger partial charge in [-0.25, -0.2) is 28.8 Å². The summed E-state index contributed by atoms with van der Waals surface area (Å²) in [5.41, 5.74) is 2.03. The first-order chi connectivity index (χ1) is 14.3. The molecule has 30 heavy (non-hydrogen) atoms. The normalized spacial score (nSPS) is 14.0. The molecule has 2 aliphatic heterocycles. The molecular weight excluding hydrogens is 402 g/mol. The number of nitrogens with one attached hydrogen (secondary N) is 1. The number of hydrogen-bond donors (Lipinski definition) is 1. The van der Waals surface area contributed by atoms with Gasteiger partial charge in [0.1, 0.15) is 0 Å². The van der Waals surface area contributed by atoms with E-state index in [1.807, 2.05) is 0 Å². The van der Waals surface area contributed by atoms with Gasteiger partial charge in [-0.2, -0.15) is 0 Å². The van der Waals surface area contributed by atoms with Crippen molar-refractivity contribution in [2.24, 2.45) is 0 Å². The lowest BCUT2D eigenvalue weighted by atomic mass is 10.1. The summed E-state index contributed by atoms with van der Waals surface area (Å²) in [6.07, 6.45) is 0. The lowest BCUT2D eigenvalue weighted by molar-refractivity contribution is -0.00918. The maximum absolute atomic E-state index is 12.0. The Bertz CT molecular complexity index is 1070. The second-order valence-corrected chi connectivity index (χ2v) is 5.98. The molecule has 0 radical (unpaired) electrons. The number of carbonyl (C=O) groups is 6. The van der Waals surface area contributed by atoms with Crippen LogP contribution in [0.15, 0.2) is 36.4 Å². The Hall–Kier alpha value is -4.38. The summed E-state index contributed by atoms with van der Waals surface area (Å²) in [5, 5.41) is 0. The van der Waals surface area contributed by atoms with Crippen LogP contribution in [-0.4, -0.2) is 42.5 Å². The van der Waals surface area contributed by atoms with Crippen LogP contribution in [0.4, 0.5) is 0 Å². The Kier molecular flexibility index (Phi) is 4.56. The lowest BCUT2D eigenvalue weighted by Gasteiger charge is -2.08. The number of hydroxylamine groups is 1. The van der Waals surface area contributed by atoms with E-state index in [0.29, 0.717) is 0 Å². The van der Waals surface area contributed by atoms with E-state index in [2.05, 4.69) is 15.0 Å². The fourth-order valence-electron chi connectivity index (χ4n) is 2.76. The van der Waals surface area contributed by atoms with Gasteiger partial charge >= 0.3 is 35.8 Å². The monoisotopic (exact) mass is 411 g/mol. The van der Waals surface area contributed by atoms with Crippen LogP contribution in [0.25, 0.3) is 0 Å². The minimum absolute atomic E-state index is 0.0182. The number of hydrogen-bond acceptors (Lipinski definition) is 11. The molecule has 2 aromatic rings. The summed E-state index contributed by atoms with van der Waals surface area (Å²) in [7, 11) is 0. The van der Waals surface area contributed by atoms with E-state index in [9.17, 15) is 28.8 Å². The maximum atomic E-state index is 12.0. The van der Waals surface area contributed by atoms with Gasteiger partial charge in [-0.15, -0.1) is 5.48 Å². The minimum Gasteiger partial charge on any atom is -0.443 e. The van der Waals surface area contributed by atoms with Gasteiger partial charge in [-0.3, -0.25) is 0 Å². The molecule has 0 fully saturated rings. The van der Waals surface area contributed by atoms with E-state index in [1.54, 1.807) is 0 Å². The maximum Gasteiger partial charge on any atom is 0.356 e. The molecule has 11 heteroatoms. The average molecular weight is 411 g/mol. The van der Waals surface area contributed by atoms with E-state index < -0.39 is 42.5 Å². The highest BCUT2D eigenvalue weighted by Gasteiger charge is 2.31. The smallest absolute Gasteiger partial charge is 0.356 e. The van der Waals surface area contributed by atoms with Crippen molar-refractivity contribution in [1.82, 2.24) is 5.48 Å². The first-order valence-corrected chi connectivity index (χ1v) is 8.27. The van der Waals surface area contributed by atoms with Gasteiger partial charge in [-0.05, 0) is 36.4 Å². The molecule has 0 bridgehead atoms. The number of carbonyl (C=O) groups excluding carboxylic acids is 6. The van der Waals surface area contributed by atoms with Crippen LogP contribution in [0.1, 0.15) is 62.1 Å². The van der Waals surface area contributed by atoms with Crippen molar-refractivity contribution in [3.05, 3.63) is 69.8 Å². The van der Waals surface area contributed by atoms with Crippen molar-refractivity contribution in [2.45, 2.75) is 0 Å². The number of rotatable bonds is 5. The van der Waals surface area contributed by atoms with E-state index in [4.69, 9.17) is 9.57 Å². The molecule has 0 amide bonds. The van der Waals surface area contributed by atoms with Crippen molar-refractivity contribution in [3.8, 4) is 0 Å². The molecule has 0 aliphatic carbocycles. The van der Waals surface area contributed by atoms with Crippen LogP contribution >= 0.6 is 0 Å². The highest BCUT2D eigenvalue weighted by atomic mass is 16.7. The fraction of sp³-hybridized carbons (Fsp3) is 0.0526. The molecule has 11 nitrogen and oxygen atoms in total. The third kappa shape index (κ3) is 3.29. The van der Waals surface area contributed by atoms with E-state index in [1.165, 1.54) is 24.3 Å². The third-order valence-electron chi connectivity index (χ3n) is 4.19. The summed E-state index contributed by atoms with van der Waals surface area (Å²) >= 11 is 0. The Balaban J connectivity index is 1.31. The van der Waals surface area contributed by atoms with Gasteiger partial charge in [0, 0.05) is 0 Å². The van der Waals surface area contributed by atoms with Gasteiger partial charge in [0.25, 0.3) is 0 Å². The Labute approximate surface area is 166 Å². The van der Waals surface area contributed by atoms with Crippen molar-refractivity contribution < 1.29 is 47.8 Å². The Morgan fingerprint density at radius 3 is 1.70 bits per heavy atom. The highest BCUT2D eigenvalue weighted by molar-refractivity contribution is 6.16. The van der Waals surface area contributed by atoms with Gasteiger partial charge < -0.3 is 19.0 Å². The largest absolute Gasteiger partial charge is 0.443 e. The molecular formula is C19H9NO10. The predicted molar refractivity (Wildman–Crippen MR) is 91.2 cm³/mol. The first-order valence-electron chi connectivity index (χ1n) is 8.27. The number of ether oxygens (including phenoxy) is 3. The molecule has 4 rings (SSSR count). The zero-order valence-electron chi connectivity index (χ0n) is 14.8. The summed E-state index contributed by atoms with van der Waals surface area (Å²) in [4.78, 5) is 74.5. The highest BCUT2D eigenvalue weighted by Crippen LogP contribution is 2.22. The number of fused-ring (bicyclic) bond motifs is 2. The predicted octanol–water partition coefficient (Wildman–Crippen LogP) is 0.784. The van der Waals surface area contributed by atoms with Crippen LogP contribution in [0, 0.1) is 0 Å². The Morgan fingerprint density at radius 2 is 1.17 bits per heavy atom. The van der Waals surface area contributed by atoms with Crippen molar-refractivity contribution in [3.63, 3.8) is 0 Å². The zero-order chi connectivity index (χ0) is 21.4. The lowest BCUT2D eigenvalue weighted by Crippen LogP contribution is -2.25. The van der Waals surface area contributed by atoms with E-state index in [-0.39, 0.29) is 33.4 Å². The van der Waals surface area contributed by atoms with Crippen molar-refractivity contribution in [1.29, 1.82) is 0 Å². The molecule has 0 atom stereocenters. The molecule has 2 heterocycles. The summed E-state index contributed by atoms with van der Waals surface area (Å²) in [6, 6.07) is 7.35. The van der Waals surface area contributed by atoms with Crippen LogP contribution in [0.3, 0.4) is 0 Å². The van der Waals surface area contributed by atoms with Crippen LogP contribution < -0.4 is 5.48 Å². The molecule has 0 spiro atoms.